The fraction of sp³-hybridized carbons (Fsp3) is 0.250. The van der Waals surface area contributed by atoms with Crippen LogP contribution in [0.5, 0.6) is 5.75 Å². The van der Waals surface area contributed by atoms with Gasteiger partial charge in [0.15, 0.2) is 0 Å². The second kappa shape index (κ2) is 7.20. The molecule has 1 fully saturated rings. The summed E-state index contributed by atoms with van der Waals surface area (Å²) in [4.78, 5) is 32.2. The first kappa shape index (κ1) is 17.2. The Morgan fingerprint density at radius 1 is 1.26 bits per heavy atom. The number of pyridine rings is 2. The van der Waals surface area contributed by atoms with Gasteiger partial charge in [0.1, 0.15) is 18.0 Å². The number of aromatic nitrogens is 2. The van der Waals surface area contributed by atoms with E-state index in [1.54, 1.807) is 17.2 Å². The van der Waals surface area contributed by atoms with Crippen molar-refractivity contribution >= 4 is 16.8 Å². The van der Waals surface area contributed by atoms with Gasteiger partial charge in [0.05, 0.1) is 12.1 Å². The summed E-state index contributed by atoms with van der Waals surface area (Å²) in [7, 11) is 0. The molecule has 1 aromatic carbocycles. The number of carbonyl (C=O) groups excluding carboxylic acids is 1. The van der Waals surface area contributed by atoms with Crippen molar-refractivity contribution in [2.45, 2.75) is 18.6 Å². The summed E-state index contributed by atoms with van der Waals surface area (Å²) in [5.41, 5.74) is 0.862. The largest absolute Gasteiger partial charge is 0.488 e. The number of hydrogen-bond acceptors (Lipinski definition) is 5. The van der Waals surface area contributed by atoms with Crippen LogP contribution in [0.4, 0.5) is 0 Å². The Labute approximate surface area is 155 Å². The van der Waals surface area contributed by atoms with E-state index in [1.807, 2.05) is 30.3 Å². The third kappa shape index (κ3) is 3.68. The molecule has 1 aliphatic heterocycles. The number of benzene rings is 1. The number of hydrogen-bond donors (Lipinski definition) is 2. The number of aliphatic hydroxyl groups excluding tert-OH is 1. The van der Waals surface area contributed by atoms with Crippen molar-refractivity contribution in [1.29, 1.82) is 0 Å². The van der Waals surface area contributed by atoms with Gasteiger partial charge in [-0.25, -0.2) is 0 Å². The van der Waals surface area contributed by atoms with Crippen LogP contribution >= 0.6 is 0 Å². The van der Waals surface area contributed by atoms with Gasteiger partial charge < -0.3 is 19.7 Å². The molecule has 1 amide bonds. The lowest BCUT2D eigenvalue weighted by atomic mass is 10.0. The van der Waals surface area contributed by atoms with Gasteiger partial charge >= 0.3 is 0 Å². The Hall–Kier alpha value is -3.19. The Morgan fingerprint density at radius 2 is 2.15 bits per heavy atom. The summed E-state index contributed by atoms with van der Waals surface area (Å²) in [6.07, 6.45) is 2.47. The second-order valence-electron chi connectivity index (χ2n) is 6.56. The fourth-order valence-corrected chi connectivity index (χ4v) is 3.29. The molecule has 7 heteroatoms. The van der Waals surface area contributed by atoms with E-state index in [0.717, 1.165) is 10.9 Å². The van der Waals surface area contributed by atoms with E-state index in [0.29, 0.717) is 24.3 Å². The van der Waals surface area contributed by atoms with E-state index in [-0.39, 0.29) is 18.0 Å². The summed E-state index contributed by atoms with van der Waals surface area (Å²) >= 11 is 0. The molecule has 2 aromatic heterocycles. The molecule has 2 N–H and O–H groups in total. The standard InChI is InChI=1S/C20H19N3O4/c24-17-12-23(20(26)14-5-8-22-19(25)11-14)9-6-18(17)27-15-3-4-16-13(10-15)2-1-7-21-16/h1-5,7-8,10-11,17-18,24H,6,9,12H2,(H,22,25)/t17-,18-/m1/s1. The lowest BCUT2D eigenvalue weighted by Crippen LogP contribution is -2.51. The molecule has 138 valence electrons. The molecule has 1 saturated heterocycles. The lowest BCUT2D eigenvalue weighted by Gasteiger charge is -2.36. The zero-order valence-corrected chi connectivity index (χ0v) is 14.5. The quantitative estimate of drug-likeness (QED) is 0.735. The van der Waals surface area contributed by atoms with Crippen LogP contribution in [0.1, 0.15) is 16.8 Å². The third-order valence-corrected chi connectivity index (χ3v) is 4.69. The molecule has 0 unspecified atom stereocenters. The maximum Gasteiger partial charge on any atom is 0.254 e. The molecular weight excluding hydrogens is 346 g/mol. The van der Waals surface area contributed by atoms with Crippen molar-refractivity contribution < 1.29 is 14.6 Å². The van der Waals surface area contributed by atoms with E-state index in [9.17, 15) is 14.7 Å². The van der Waals surface area contributed by atoms with Crippen molar-refractivity contribution in [3.63, 3.8) is 0 Å². The predicted octanol–water partition coefficient (Wildman–Crippen LogP) is 1.58. The average Bonchev–Trinajstić information content (AvgIpc) is 2.69. The van der Waals surface area contributed by atoms with Gasteiger partial charge in [0.2, 0.25) is 5.56 Å². The number of H-pyrrole nitrogens is 1. The van der Waals surface area contributed by atoms with Gasteiger partial charge in [-0.1, -0.05) is 6.07 Å². The number of amides is 1. The first-order chi connectivity index (χ1) is 13.1. The van der Waals surface area contributed by atoms with E-state index >= 15 is 0 Å². The molecule has 0 aliphatic carbocycles. The van der Waals surface area contributed by atoms with Crippen molar-refractivity contribution in [2.75, 3.05) is 13.1 Å². The zero-order chi connectivity index (χ0) is 18.8. The number of fused-ring (bicyclic) bond motifs is 1. The number of aromatic amines is 1. The number of piperidine rings is 1. The Bertz CT molecular complexity index is 1030. The van der Waals surface area contributed by atoms with Crippen LogP contribution < -0.4 is 10.3 Å². The normalized spacial score (nSPS) is 19.8. The Balaban J connectivity index is 1.43. The van der Waals surface area contributed by atoms with Gasteiger partial charge in [0, 0.05) is 42.4 Å². The summed E-state index contributed by atoms with van der Waals surface area (Å²) in [5.74, 6) is 0.393. The number of aliphatic hydroxyl groups is 1. The highest BCUT2D eigenvalue weighted by molar-refractivity contribution is 5.94. The molecule has 0 spiro atoms. The molecule has 3 heterocycles. The van der Waals surface area contributed by atoms with Crippen LogP contribution in [-0.4, -0.2) is 51.2 Å². The third-order valence-electron chi connectivity index (χ3n) is 4.69. The summed E-state index contributed by atoms with van der Waals surface area (Å²) in [6.45, 7) is 0.605. The molecule has 0 saturated carbocycles. The predicted molar refractivity (Wildman–Crippen MR) is 99.7 cm³/mol. The maximum atomic E-state index is 12.5. The number of rotatable bonds is 3. The number of nitrogens with one attached hydrogen (secondary N) is 1. The van der Waals surface area contributed by atoms with Crippen LogP contribution in [0.2, 0.25) is 0 Å². The molecule has 4 rings (SSSR count). The first-order valence-corrected chi connectivity index (χ1v) is 8.78. The molecular formula is C20H19N3O4. The lowest BCUT2D eigenvalue weighted by molar-refractivity contribution is -0.0198. The molecule has 0 radical (unpaired) electrons. The highest BCUT2D eigenvalue weighted by Crippen LogP contribution is 2.23. The summed E-state index contributed by atoms with van der Waals surface area (Å²) in [5, 5.41) is 11.4. The van der Waals surface area contributed by atoms with Crippen LogP contribution in [0.25, 0.3) is 10.9 Å². The Morgan fingerprint density at radius 3 is 2.96 bits per heavy atom. The molecule has 3 aromatic rings. The number of nitrogens with zero attached hydrogens (tertiary/aromatic N) is 2. The fourth-order valence-electron chi connectivity index (χ4n) is 3.29. The van der Waals surface area contributed by atoms with Crippen molar-refractivity contribution in [2.24, 2.45) is 0 Å². The van der Waals surface area contributed by atoms with Gasteiger partial charge in [-0.05, 0) is 30.3 Å². The van der Waals surface area contributed by atoms with Gasteiger partial charge in [-0.3, -0.25) is 14.6 Å². The van der Waals surface area contributed by atoms with E-state index < -0.39 is 12.2 Å². The van der Waals surface area contributed by atoms with E-state index in [2.05, 4.69) is 9.97 Å². The summed E-state index contributed by atoms with van der Waals surface area (Å²) < 4.78 is 5.96. The van der Waals surface area contributed by atoms with Crippen LogP contribution in [0.3, 0.4) is 0 Å². The number of likely N-dealkylation sites (tertiary alicyclic amines) is 1. The number of β-amino-alcohol motifs (C(OH)–C–C–N with tert-alkyl or cyclic N) is 1. The van der Waals surface area contributed by atoms with Gasteiger partial charge in [0.25, 0.3) is 5.91 Å². The number of ether oxygens (including phenoxy) is 1. The van der Waals surface area contributed by atoms with Crippen LogP contribution in [0, 0.1) is 0 Å². The minimum atomic E-state index is -0.811. The molecule has 2 atom stereocenters. The van der Waals surface area contributed by atoms with Crippen LogP contribution in [0.15, 0.2) is 59.7 Å². The maximum absolute atomic E-state index is 12.5. The minimum Gasteiger partial charge on any atom is -0.488 e. The van der Waals surface area contributed by atoms with Crippen molar-refractivity contribution in [3.8, 4) is 5.75 Å². The SMILES string of the molecule is O=C(c1cc[nH]c(=O)c1)N1CC[C@@H](Oc2ccc3ncccc3c2)[C@H](O)C1. The van der Waals surface area contributed by atoms with Crippen molar-refractivity contribution in [1.82, 2.24) is 14.9 Å². The molecule has 1 aliphatic rings. The highest BCUT2D eigenvalue weighted by atomic mass is 16.5. The molecule has 27 heavy (non-hydrogen) atoms. The topological polar surface area (TPSA) is 95.5 Å². The second-order valence-corrected chi connectivity index (χ2v) is 6.56. The van der Waals surface area contributed by atoms with Gasteiger partial charge in [-0.2, -0.15) is 0 Å². The molecule has 0 bridgehead atoms. The van der Waals surface area contributed by atoms with Gasteiger partial charge in [-0.15, -0.1) is 0 Å². The number of carbonyl (C=O) groups is 1. The Kier molecular flexibility index (Phi) is 4.60. The monoisotopic (exact) mass is 365 g/mol. The highest BCUT2D eigenvalue weighted by Gasteiger charge is 2.32. The average molecular weight is 365 g/mol. The van der Waals surface area contributed by atoms with E-state index in [4.69, 9.17) is 4.74 Å². The summed E-state index contributed by atoms with van der Waals surface area (Å²) in [6, 6.07) is 12.2. The minimum absolute atomic E-state index is 0.158. The van der Waals surface area contributed by atoms with Crippen LogP contribution in [-0.2, 0) is 0 Å². The van der Waals surface area contributed by atoms with Crippen molar-refractivity contribution in [3.05, 3.63) is 70.8 Å². The molecule has 7 nitrogen and oxygen atoms in total. The van der Waals surface area contributed by atoms with E-state index in [1.165, 1.54) is 12.3 Å². The first-order valence-electron chi connectivity index (χ1n) is 8.78. The zero-order valence-electron chi connectivity index (χ0n) is 14.5. The smallest absolute Gasteiger partial charge is 0.254 e.